The van der Waals surface area contributed by atoms with E-state index in [4.69, 9.17) is 9.84 Å². The van der Waals surface area contributed by atoms with E-state index in [1.165, 1.54) is 6.20 Å². The van der Waals surface area contributed by atoms with Crippen molar-refractivity contribution in [2.45, 2.75) is 33.3 Å². The molecule has 0 aliphatic heterocycles. The first kappa shape index (κ1) is 11.9. The van der Waals surface area contributed by atoms with Crippen LogP contribution in [0.5, 0.6) is 5.88 Å². The van der Waals surface area contributed by atoms with Crippen LogP contribution in [0.4, 0.5) is 0 Å². The average molecular weight is 210 g/mol. The van der Waals surface area contributed by atoms with Crippen LogP contribution in [-0.2, 0) is 6.61 Å². The van der Waals surface area contributed by atoms with E-state index >= 15 is 0 Å². The van der Waals surface area contributed by atoms with E-state index in [0.29, 0.717) is 24.1 Å². The Kier molecular flexibility index (Phi) is 5.04. The maximum absolute atomic E-state index is 8.87. The molecule has 1 unspecified atom stereocenters. The van der Waals surface area contributed by atoms with Crippen LogP contribution in [0.25, 0.3) is 0 Å². The molecule has 0 radical (unpaired) electrons. The normalized spacial score (nSPS) is 12.5. The second-order valence-electron chi connectivity index (χ2n) is 3.71. The van der Waals surface area contributed by atoms with E-state index in [1.807, 2.05) is 0 Å². The molecule has 1 atom stereocenters. The summed E-state index contributed by atoms with van der Waals surface area (Å²) in [6, 6.07) is 0. The van der Waals surface area contributed by atoms with Crippen LogP contribution in [0.3, 0.4) is 0 Å². The van der Waals surface area contributed by atoms with Gasteiger partial charge in [-0.1, -0.05) is 20.3 Å². The minimum absolute atomic E-state index is 0.102. The van der Waals surface area contributed by atoms with Crippen LogP contribution in [-0.4, -0.2) is 21.7 Å². The third-order valence-corrected chi connectivity index (χ3v) is 2.12. The van der Waals surface area contributed by atoms with Crippen molar-refractivity contribution in [3.05, 3.63) is 18.1 Å². The van der Waals surface area contributed by atoms with Gasteiger partial charge in [-0.3, -0.25) is 4.98 Å². The zero-order chi connectivity index (χ0) is 11.1. The highest BCUT2D eigenvalue weighted by molar-refractivity contribution is 5.07. The van der Waals surface area contributed by atoms with Crippen molar-refractivity contribution in [1.82, 2.24) is 9.97 Å². The lowest BCUT2D eigenvalue weighted by atomic mass is 10.1. The van der Waals surface area contributed by atoms with Crippen molar-refractivity contribution in [3.8, 4) is 5.88 Å². The van der Waals surface area contributed by atoms with Crippen LogP contribution in [0.15, 0.2) is 12.4 Å². The summed E-state index contributed by atoms with van der Waals surface area (Å²) >= 11 is 0. The van der Waals surface area contributed by atoms with E-state index in [0.717, 1.165) is 12.8 Å². The lowest BCUT2D eigenvalue weighted by Gasteiger charge is -2.11. The molecule has 0 aliphatic carbocycles. The Morgan fingerprint density at radius 1 is 1.47 bits per heavy atom. The third kappa shape index (κ3) is 4.25. The fourth-order valence-corrected chi connectivity index (χ4v) is 1.34. The highest BCUT2D eigenvalue weighted by Crippen LogP contribution is 2.10. The van der Waals surface area contributed by atoms with E-state index in [9.17, 15) is 0 Å². The molecular formula is C11H18N2O2. The second kappa shape index (κ2) is 6.35. The highest BCUT2D eigenvalue weighted by atomic mass is 16.5. The monoisotopic (exact) mass is 210 g/mol. The van der Waals surface area contributed by atoms with Crippen LogP contribution in [0, 0.1) is 5.92 Å². The van der Waals surface area contributed by atoms with E-state index in [1.54, 1.807) is 6.20 Å². The molecule has 1 rings (SSSR count). The van der Waals surface area contributed by atoms with Gasteiger partial charge < -0.3 is 9.84 Å². The molecule has 0 bridgehead atoms. The standard InChI is InChI=1S/C11H18N2O2/c1-3-4-9(2)8-15-11-6-12-5-10(7-14)13-11/h5-6,9,14H,3-4,7-8H2,1-2H3. The molecule has 1 aromatic heterocycles. The Morgan fingerprint density at radius 3 is 2.93 bits per heavy atom. The van der Waals surface area contributed by atoms with Gasteiger partial charge in [0, 0.05) is 0 Å². The number of ether oxygens (including phenoxy) is 1. The molecule has 0 saturated heterocycles. The fraction of sp³-hybridized carbons (Fsp3) is 0.636. The van der Waals surface area contributed by atoms with Crippen molar-refractivity contribution in [2.24, 2.45) is 5.92 Å². The summed E-state index contributed by atoms with van der Waals surface area (Å²) in [7, 11) is 0. The van der Waals surface area contributed by atoms with Crippen molar-refractivity contribution < 1.29 is 9.84 Å². The third-order valence-electron chi connectivity index (χ3n) is 2.12. The average Bonchev–Trinajstić information content (AvgIpc) is 2.27. The maximum atomic E-state index is 8.87. The Bertz CT molecular complexity index is 292. The predicted octanol–water partition coefficient (Wildman–Crippen LogP) is 1.78. The maximum Gasteiger partial charge on any atom is 0.232 e. The molecule has 0 fully saturated rings. The minimum atomic E-state index is -0.102. The fourth-order valence-electron chi connectivity index (χ4n) is 1.34. The van der Waals surface area contributed by atoms with Crippen LogP contribution in [0.1, 0.15) is 32.4 Å². The van der Waals surface area contributed by atoms with Crippen molar-refractivity contribution in [3.63, 3.8) is 0 Å². The minimum Gasteiger partial charge on any atom is -0.476 e. The van der Waals surface area contributed by atoms with Crippen LogP contribution >= 0.6 is 0 Å². The molecule has 1 aromatic rings. The molecule has 1 heterocycles. The molecule has 0 aromatic carbocycles. The number of hydrogen-bond acceptors (Lipinski definition) is 4. The van der Waals surface area contributed by atoms with E-state index in [-0.39, 0.29) is 6.61 Å². The first-order valence-corrected chi connectivity index (χ1v) is 5.30. The summed E-state index contributed by atoms with van der Waals surface area (Å²) in [6.45, 7) is 4.85. The van der Waals surface area contributed by atoms with Gasteiger partial charge in [-0.25, -0.2) is 4.98 Å². The van der Waals surface area contributed by atoms with Crippen LogP contribution < -0.4 is 4.74 Å². The largest absolute Gasteiger partial charge is 0.476 e. The van der Waals surface area contributed by atoms with Gasteiger partial charge in [-0.2, -0.15) is 0 Å². The molecule has 4 nitrogen and oxygen atoms in total. The number of aromatic nitrogens is 2. The van der Waals surface area contributed by atoms with Crippen LogP contribution in [0.2, 0.25) is 0 Å². The molecule has 0 aliphatic rings. The summed E-state index contributed by atoms with van der Waals surface area (Å²) in [5.74, 6) is 1.01. The SMILES string of the molecule is CCCC(C)COc1cncc(CO)n1. The lowest BCUT2D eigenvalue weighted by molar-refractivity contribution is 0.236. The summed E-state index contributed by atoms with van der Waals surface area (Å²) in [4.78, 5) is 8.02. The summed E-state index contributed by atoms with van der Waals surface area (Å²) in [5, 5.41) is 8.87. The van der Waals surface area contributed by atoms with Gasteiger partial charge in [0.1, 0.15) is 0 Å². The predicted molar refractivity (Wildman–Crippen MR) is 57.5 cm³/mol. The number of aliphatic hydroxyl groups excluding tert-OH is 1. The first-order chi connectivity index (χ1) is 7.26. The second-order valence-corrected chi connectivity index (χ2v) is 3.71. The summed E-state index contributed by atoms with van der Waals surface area (Å²) in [5.41, 5.74) is 0.538. The molecule has 15 heavy (non-hydrogen) atoms. The van der Waals surface area contributed by atoms with Gasteiger partial charge in [0.05, 0.1) is 31.3 Å². The quantitative estimate of drug-likeness (QED) is 0.777. The Balaban J connectivity index is 2.43. The van der Waals surface area contributed by atoms with Gasteiger partial charge in [0.25, 0.3) is 0 Å². The Morgan fingerprint density at radius 2 is 2.27 bits per heavy atom. The molecule has 1 N–H and O–H groups in total. The number of aliphatic hydroxyl groups is 1. The number of nitrogens with zero attached hydrogens (tertiary/aromatic N) is 2. The van der Waals surface area contributed by atoms with Crippen molar-refractivity contribution >= 4 is 0 Å². The molecular weight excluding hydrogens is 192 g/mol. The topological polar surface area (TPSA) is 55.2 Å². The summed E-state index contributed by atoms with van der Waals surface area (Å²) in [6.07, 6.45) is 5.40. The number of hydrogen-bond donors (Lipinski definition) is 1. The van der Waals surface area contributed by atoms with Gasteiger partial charge in [0.15, 0.2) is 0 Å². The van der Waals surface area contributed by atoms with Gasteiger partial charge in [-0.05, 0) is 12.3 Å². The molecule has 0 amide bonds. The van der Waals surface area contributed by atoms with Gasteiger partial charge in [0.2, 0.25) is 5.88 Å². The first-order valence-electron chi connectivity index (χ1n) is 5.30. The van der Waals surface area contributed by atoms with Crippen molar-refractivity contribution in [2.75, 3.05) is 6.61 Å². The van der Waals surface area contributed by atoms with Gasteiger partial charge >= 0.3 is 0 Å². The molecule has 0 spiro atoms. The molecule has 4 heteroatoms. The summed E-state index contributed by atoms with van der Waals surface area (Å²) < 4.78 is 5.48. The zero-order valence-corrected chi connectivity index (χ0v) is 9.31. The van der Waals surface area contributed by atoms with E-state index < -0.39 is 0 Å². The van der Waals surface area contributed by atoms with Crippen molar-refractivity contribution in [1.29, 1.82) is 0 Å². The molecule has 84 valence electrons. The zero-order valence-electron chi connectivity index (χ0n) is 9.31. The Labute approximate surface area is 90.3 Å². The van der Waals surface area contributed by atoms with Gasteiger partial charge in [-0.15, -0.1) is 0 Å². The highest BCUT2D eigenvalue weighted by Gasteiger charge is 2.03. The molecule has 0 saturated carbocycles. The smallest absolute Gasteiger partial charge is 0.232 e. The lowest BCUT2D eigenvalue weighted by Crippen LogP contribution is -2.09. The van der Waals surface area contributed by atoms with E-state index in [2.05, 4.69) is 23.8 Å². The number of rotatable bonds is 6. The Hall–Kier alpha value is -1.16.